The Balaban J connectivity index is 1.59. The summed E-state index contributed by atoms with van der Waals surface area (Å²) in [6.45, 7) is 0. The minimum Gasteiger partial charge on any atom is -0.480 e. The van der Waals surface area contributed by atoms with Gasteiger partial charge in [-0.3, -0.25) is 10.1 Å². The largest absolute Gasteiger partial charge is 0.480 e. The number of hydrogen-bond acceptors (Lipinski definition) is 4. The molecule has 2 aliphatic rings. The summed E-state index contributed by atoms with van der Waals surface area (Å²) in [5.74, 6) is 0.498. The van der Waals surface area contributed by atoms with Crippen LogP contribution in [-0.4, -0.2) is 38.4 Å². The van der Waals surface area contributed by atoms with Crippen LogP contribution >= 0.6 is 11.8 Å². The van der Waals surface area contributed by atoms with Gasteiger partial charge in [-0.1, -0.05) is 18.2 Å². The molecule has 2 aliphatic carbocycles. The summed E-state index contributed by atoms with van der Waals surface area (Å²) in [5, 5.41) is 14.0. The van der Waals surface area contributed by atoms with Gasteiger partial charge in [-0.15, -0.1) is 0 Å². The van der Waals surface area contributed by atoms with Crippen molar-refractivity contribution in [2.24, 2.45) is 5.92 Å². The van der Waals surface area contributed by atoms with Crippen LogP contribution in [0.3, 0.4) is 0 Å². The molecule has 110 valence electrons. The second-order valence-electron chi connectivity index (χ2n) is 5.82. The van der Waals surface area contributed by atoms with E-state index in [0.29, 0.717) is 6.04 Å². The van der Waals surface area contributed by atoms with E-state index in [2.05, 4.69) is 15.3 Å². The molecule has 2 fully saturated rings. The molecular weight excluding hydrogens is 274 g/mol. The van der Waals surface area contributed by atoms with Crippen molar-refractivity contribution in [1.29, 1.82) is 0 Å². The lowest BCUT2D eigenvalue weighted by atomic mass is 9.85. The molecule has 3 N–H and O–H groups in total. The summed E-state index contributed by atoms with van der Waals surface area (Å²) in [5.41, 5.74) is -0.676. The molecule has 0 saturated heterocycles. The van der Waals surface area contributed by atoms with Crippen molar-refractivity contribution in [3.63, 3.8) is 0 Å². The number of H-pyrrole nitrogens is 1. The van der Waals surface area contributed by atoms with Gasteiger partial charge in [0, 0.05) is 24.2 Å². The van der Waals surface area contributed by atoms with Gasteiger partial charge in [0.1, 0.15) is 5.54 Å². The summed E-state index contributed by atoms with van der Waals surface area (Å²) in [6, 6.07) is 0.435. The molecule has 1 aromatic rings. The Morgan fingerprint density at radius 1 is 1.55 bits per heavy atom. The SMILES string of the molecule is O=C(O)C1(NC2CC2)CCCC1CCSc1ncc[nH]1. The Hall–Kier alpha value is -1.01. The van der Waals surface area contributed by atoms with Gasteiger partial charge in [0.15, 0.2) is 5.16 Å². The van der Waals surface area contributed by atoms with Crippen molar-refractivity contribution in [3.05, 3.63) is 12.4 Å². The Bertz CT molecular complexity index is 461. The lowest BCUT2D eigenvalue weighted by Gasteiger charge is -2.32. The highest BCUT2D eigenvalue weighted by Crippen LogP contribution is 2.41. The highest BCUT2D eigenvalue weighted by atomic mass is 32.2. The molecule has 0 amide bonds. The van der Waals surface area contributed by atoms with Crippen LogP contribution in [0.2, 0.25) is 0 Å². The van der Waals surface area contributed by atoms with E-state index in [1.165, 1.54) is 0 Å². The quantitative estimate of drug-likeness (QED) is 0.673. The second kappa shape index (κ2) is 5.77. The molecule has 5 nitrogen and oxygen atoms in total. The van der Waals surface area contributed by atoms with Crippen LogP contribution in [0.1, 0.15) is 38.5 Å². The standard InChI is InChI=1S/C14H21N3O2S/c18-12(19)14(17-11-3-4-11)6-1-2-10(14)5-9-20-13-15-7-8-16-13/h7-8,10-11,17H,1-6,9H2,(H,15,16)(H,18,19). The van der Waals surface area contributed by atoms with Gasteiger partial charge in [0.25, 0.3) is 0 Å². The van der Waals surface area contributed by atoms with Gasteiger partial charge >= 0.3 is 5.97 Å². The van der Waals surface area contributed by atoms with Crippen LogP contribution in [0.25, 0.3) is 0 Å². The average Bonchev–Trinajstić information content (AvgIpc) is 2.91. The summed E-state index contributed by atoms with van der Waals surface area (Å²) < 4.78 is 0. The molecule has 0 bridgehead atoms. The molecule has 3 rings (SSSR count). The Morgan fingerprint density at radius 2 is 2.40 bits per heavy atom. The van der Waals surface area contributed by atoms with Gasteiger partial charge in [0.2, 0.25) is 0 Å². The molecule has 0 aliphatic heterocycles. The van der Waals surface area contributed by atoms with Crippen LogP contribution in [0.4, 0.5) is 0 Å². The monoisotopic (exact) mass is 295 g/mol. The topological polar surface area (TPSA) is 78.0 Å². The van der Waals surface area contributed by atoms with E-state index in [1.54, 1.807) is 18.0 Å². The third-order valence-electron chi connectivity index (χ3n) is 4.42. The number of nitrogens with one attached hydrogen (secondary N) is 2. The summed E-state index contributed by atoms with van der Waals surface area (Å²) in [7, 11) is 0. The van der Waals surface area contributed by atoms with Crippen molar-refractivity contribution < 1.29 is 9.90 Å². The van der Waals surface area contributed by atoms with Gasteiger partial charge in [-0.25, -0.2) is 4.98 Å². The van der Waals surface area contributed by atoms with Gasteiger partial charge in [0.05, 0.1) is 0 Å². The number of thioether (sulfide) groups is 1. The molecule has 6 heteroatoms. The molecule has 0 aromatic carbocycles. The molecule has 0 radical (unpaired) electrons. The van der Waals surface area contributed by atoms with E-state index in [1.807, 2.05) is 6.20 Å². The number of carbonyl (C=O) groups is 1. The van der Waals surface area contributed by atoms with Crippen molar-refractivity contribution >= 4 is 17.7 Å². The lowest BCUT2D eigenvalue weighted by Crippen LogP contribution is -2.55. The van der Waals surface area contributed by atoms with Crippen molar-refractivity contribution in [3.8, 4) is 0 Å². The number of aliphatic carboxylic acids is 1. The molecule has 0 spiro atoms. The number of aromatic amines is 1. The van der Waals surface area contributed by atoms with Crippen LogP contribution in [0.15, 0.2) is 17.6 Å². The maximum absolute atomic E-state index is 11.8. The van der Waals surface area contributed by atoms with Crippen LogP contribution in [0.5, 0.6) is 0 Å². The first-order valence-corrected chi connectivity index (χ1v) is 8.32. The van der Waals surface area contributed by atoms with Crippen LogP contribution in [-0.2, 0) is 4.79 Å². The number of carboxylic acid groups (broad SMARTS) is 1. The molecule has 2 atom stereocenters. The zero-order valence-corrected chi connectivity index (χ0v) is 12.3. The molecule has 1 aromatic heterocycles. The average molecular weight is 295 g/mol. The number of rotatable bonds is 7. The molecule has 2 unspecified atom stereocenters. The van der Waals surface area contributed by atoms with Crippen molar-refractivity contribution in [2.45, 2.75) is 55.3 Å². The molecule has 1 heterocycles. The molecular formula is C14H21N3O2S. The molecule has 2 saturated carbocycles. The zero-order chi connectivity index (χ0) is 14.0. The highest BCUT2D eigenvalue weighted by Gasteiger charge is 2.50. The molecule has 20 heavy (non-hydrogen) atoms. The van der Waals surface area contributed by atoms with Gasteiger partial charge in [-0.2, -0.15) is 0 Å². The lowest BCUT2D eigenvalue weighted by molar-refractivity contribution is -0.146. The predicted octanol–water partition coefficient (Wildman–Crippen LogP) is 2.27. The maximum Gasteiger partial charge on any atom is 0.324 e. The number of nitrogens with zero attached hydrogens (tertiary/aromatic N) is 1. The fraction of sp³-hybridized carbons (Fsp3) is 0.714. The minimum atomic E-state index is -0.676. The minimum absolute atomic E-state index is 0.239. The first kappa shape index (κ1) is 13.9. The zero-order valence-electron chi connectivity index (χ0n) is 11.5. The van der Waals surface area contributed by atoms with Crippen LogP contribution in [0, 0.1) is 5.92 Å². The van der Waals surface area contributed by atoms with Gasteiger partial charge in [-0.05, 0) is 38.0 Å². The van der Waals surface area contributed by atoms with Crippen molar-refractivity contribution in [2.75, 3.05) is 5.75 Å². The normalized spacial score (nSPS) is 29.7. The summed E-state index contributed by atoms with van der Waals surface area (Å²) in [4.78, 5) is 19.1. The third kappa shape index (κ3) is 2.86. The van der Waals surface area contributed by atoms with E-state index in [9.17, 15) is 9.90 Å². The first-order chi connectivity index (χ1) is 9.71. The smallest absolute Gasteiger partial charge is 0.324 e. The van der Waals surface area contributed by atoms with Crippen LogP contribution < -0.4 is 5.32 Å². The Labute approximate surface area is 122 Å². The van der Waals surface area contributed by atoms with E-state index >= 15 is 0 Å². The fourth-order valence-electron chi connectivity index (χ4n) is 3.22. The number of aromatic nitrogens is 2. The van der Waals surface area contributed by atoms with E-state index in [-0.39, 0.29) is 5.92 Å². The highest BCUT2D eigenvalue weighted by molar-refractivity contribution is 7.99. The summed E-state index contributed by atoms with van der Waals surface area (Å²) >= 11 is 1.67. The van der Waals surface area contributed by atoms with E-state index in [0.717, 1.165) is 49.4 Å². The fourth-order valence-corrected chi connectivity index (χ4v) is 4.10. The van der Waals surface area contributed by atoms with Gasteiger partial charge < -0.3 is 10.1 Å². The van der Waals surface area contributed by atoms with E-state index < -0.39 is 11.5 Å². The Kier molecular flexibility index (Phi) is 4.03. The summed E-state index contributed by atoms with van der Waals surface area (Å²) in [6.07, 6.45) is 9.55. The third-order valence-corrected chi connectivity index (χ3v) is 5.36. The number of imidazole rings is 1. The second-order valence-corrected chi connectivity index (χ2v) is 6.90. The first-order valence-electron chi connectivity index (χ1n) is 7.34. The van der Waals surface area contributed by atoms with E-state index in [4.69, 9.17) is 0 Å². The van der Waals surface area contributed by atoms with Crippen molar-refractivity contribution in [1.82, 2.24) is 15.3 Å². The number of hydrogen-bond donors (Lipinski definition) is 3. The maximum atomic E-state index is 11.8. The Morgan fingerprint density at radius 3 is 3.05 bits per heavy atom. The number of carboxylic acids is 1. The predicted molar refractivity (Wildman–Crippen MR) is 77.8 cm³/mol.